The van der Waals surface area contributed by atoms with Gasteiger partial charge in [0.25, 0.3) is 5.69 Å². The second kappa shape index (κ2) is 9.04. The summed E-state index contributed by atoms with van der Waals surface area (Å²) in [6.07, 6.45) is 3.04. The molecule has 0 bridgehead atoms. The largest absolute Gasteiger partial charge is 0.382 e. The van der Waals surface area contributed by atoms with E-state index in [-0.39, 0.29) is 28.7 Å². The number of carbonyl (C=O) groups is 1. The van der Waals surface area contributed by atoms with E-state index in [4.69, 9.17) is 11.6 Å². The number of nitro benzene ring substituents is 1. The van der Waals surface area contributed by atoms with E-state index in [0.29, 0.717) is 12.1 Å². The molecule has 1 amide bonds. The van der Waals surface area contributed by atoms with Gasteiger partial charge in [0.2, 0.25) is 5.91 Å². The van der Waals surface area contributed by atoms with Crippen LogP contribution in [0.3, 0.4) is 0 Å². The van der Waals surface area contributed by atoms with Crippen molar-refractivity contribution in [1.29, 1.82) is 0 Å². The fourth-order valence-electron chi connectivity index (χ4n) is 3.44. The fraction of sp³-hybridized carbons (Fsp3) is 0.421. The molecule has 1 aromatic carbocycles. The zero-order chi connectivity index (χ0) is 21.0. The minimum Gasteiger partial charge on any atom is -0.382 e. The van der Waals surface area contributed by atoms with Crippen LogP contribution in [0, 0.1) is 10.1 Å². The molecule has 2 atom stereocenters. The number of hydrogen-bond donors (Lipinski definition) is 2. The number of amides is 1. The SMILES string of the molecule is CC(=O)NC1CCN(c2cc(CC(C)Nc3ccc(Cl)c([N+](=O)[O-])c3)ncn2)C1. The third-order valence-electron chi connectivity index (χ3n) is 4.70. The molecule has 2 unspecified atom stereocenters. The van der Waals surface area contributed by atoms with E-state index < -0.39 is 4.92 Å². The zero-order valence-corrected chi connectivity index (χ0v) is 17.0. The Kier molecular flexibility index (Phi) is 6.48. The van der Waals surface area contributed by atoms with Gasteiger partial charge in [0.1, 0.15) is 17.2 Å². The first-order valence-corrected chi connectivity index (χ1v) is 9.73. The summed E-state index contributed by atoms with van der Waals surface area (Å²) in [6.45, 7) is 5.04. The summed E-state index contributed by atoms with van der Waals surface area (Å²) in [4.78, 5) is 32.6. The molecule has 2 heterocycles. The number of carbonyl (C=O) groups excluding carboxylic acids is 1. The minimum atomic E-state index is -0.501. The topological polar surface area (TPSA) is 113 Å². The van der Waals surface area contributed by atoms with Crippen LogP contribution in [0.4, 0.5) is 17.2 Å². The normalized spacial score (nSPS) is 17.1. The van der Waals surface area contributed by atoms with Gasteiger partial charge in [-0.25, -0.2) is 9.97 Å². The molecule has 0 spiro atoms. The molecule has 1 aliphatic heterocycles. The van der Waals surface area contributed by atoms with Crippen LogP contribution in [0.5, 0.6) is 0 Å². The molecule has 1 aliphatic rings. The first kappa shape index (κ1) is 20.8. The van der Waals surface area contributed by atoms with Crippen molar-refractivity contribution >= 4 is 34.7 Å². The number of nitro groups is 1. The fourth-order valence-corrected chi connectivity index (χ4v) is 3.62. The molecule has 2 aromatic rings. The summed E-state index contributed by atoms with van der Waals surface area (Å²) < 4.78 is 0. The quantitative estimate of drug-likeness (QED) is 0.525. The average molecular weight is 419 g/mol. The van der Waals surface area contributed by atoms with Crippen molar-refractivity contribution in [2.45, 2.75) is 38.8 Å². The first-order chi connectivity index (χ1) is 13.8. The number of benzene rings is 1. The Labute approximate surface area is 173 Å². The van der Waals surface area contributed by atoms with Crippen LogP contribution in [0.25, 0.3) is 0 Å². The Morgan fingerprint density at radius 1 is 1.41 bits per heavy atom. The Balaban J connectivity index is 1.62. The summed E-state index contributed by atoms with van der Waals surface area (Å²) in [5.41, 5.74) is 1.36. The summed E-state index contributed by atoms with van der Waals surface area (Å²) in [6, 6.07) is 6.71. The Hall–Kier alpha value is -2.94. The lowest BCUT2D eigenvalue weighted by Crippen LogP contribution is -2.35. The minimum absolute atomic E-state index is 0.00997. The van der Waals surface area contributed by atoms with Crippen LogP contribution in [0.2, 0.25) is 5.02 Å². The Morgan fingerprint density at radius 2 is 2.21 bits per heavy atom. The number of nitrogens with zero attached hydrogens (tertiary/aromatic N) is 4. The molecule has 9 nitrogen and oxygen atoms in total. The van der Waals surface area contributed by atoms with Gasteiger partial charge < -0.3 is 15.5 Å². The highest BCUT2D eigenvalue weighted by atomic mass is 35.5. The van der Waals surface area contributed by atoms with Crippen molar-refractivity contribution in [2.24, 2.45) is 0 Å². The summed E-state index contributed by atoms with van der Waals surface area (Å²) in [5.74, 6) is 0.805. The van der Waals surface area contributed by atoms with Crippen LogP contribution in [-0.4, -0.2) is 46.0 Å². The lowest BCUT2D eigenvalue weighted by molar-refractivity contribution is -0.384. The maximum Gasteiger partial charge on any atom is 0.289 e. The molecule has 1 saturated heterocycles. The van der Waals surface area contributed by atoms with E-state index in [1.807, 2.05) is 13.0 Å². The summed E-state index contributed by atoms with van der Waals surface area (Å²) in [7, 11) is 0. The molecule has 0 saturated carbocycles. The Morgan fingerprint density at radius 3 is 2.93 bits per heavy atom. The van der Waals surface area contributed by atoms with Crippen LogP contribution in [0.1, 0.15) is 26.0 Å². The molecular formula is C19H23ClN6O3. The zero-order valence-electron chi connectivity index (χ0n) is 16.3. The van der Waals surface area contributed by atoms with Gasteiger partial charge >= 0.3 is 0 Å². The van der Waals surface area contributed by atoms with E-state index in [2.05, 4.69) is 25.5 Å². The summed E-state index contributed by atoms with van der Waals surface area (Å²) in [5, 5.41) is 17.3. The highest BCUT2D eigenvalue weighted by Gasteiger charge is 2.24. The van der Waals surface area contributed by atoms with Gasteiger partial charge in [0.05, 0.1) is 4.92 Å². The average Bonchev–Trinajstić information content (AvgIpc) is 3.11. The van der Waals surface area contributed by atoms with Crippen molar-refractivity contribution in [1.82, 2.24) is 15.3 Å². The van der Waals surface area contributed by atoms with Gasteiger partial charge in [-0.3, -0.25) is 14.9 Å². The van der Waals surface area contributed by atoms with Crippen molar-refractivity contribution in [2.75, 3.05) is 23.3 Å². The molecular weight excluding hydrogens is 396 g/mol. The van der Waals surface area contributed by atoms with E-state index in [1.54, 1.807) is 6.07 Å². The highest BCUT2D eigenvalue weighted by molar-refractivity contribution is 6.32. The van der Waals surface area contributed by atoms with E-state index in [1.165, 1.54) is 25.4 Å². The van der Waals surface area contributed by atoms with Crippen molar-refractivity contribution in [3.05, 3.63) is 51.4 Å². The molecule has 3 rings (SSSR count). The maximum atomic E-state index is 11.2. The van der Waals surface area contributed by atoms with E-state index in [9.17, 15) is 14.9 Å². The number of rotatable bonds is 7. The van der Waals surface area contributed by atoms with E-state index in [0.717, 1.165) is 31.0 Å². The van der Waals surface area contributed by atoms with Crippen molar-refractivity contribution in [3.8, 4) is 0 Å². The monoisotopic (exact) mass is 418 g/mol. The molecule has 1 aromatic heterocycles. The van der Waals surface area contributed by atoms with Crippen LogP contribution in [0.15, 0.2) is 30.6 Å². The second-order valence-electron chi connectivity index (χ2n) is 7.17. The predicted octanol–water partition coefficient (Wildman–Crippen LogP) is 2.80. The van der Waals surface area contributed by atoms with E-state index >= 15 is 0 Å². The van der Waals surface area contributed by atoms with Crippen molar-refractivity contribution < 1.29 is 9.72 Å². The molecule has 0 aliphatic carbocycles. The lowest BCUT2D eigenvalue weighted by Gasteiger charge is -2.19. The number of halogens is 1. The van der Waals surface area contributed by atoms with Gasteiger partial charge in [0.15, 0.2) is 0 Å². The smallest absolute Gasteiger partial charge is 0.289 e. The molecule has 10 heteroatoms. The number of anilines is 2. The van der Waals surface area contributed by atoms with Crippen LogP contribution in [-0.2, 0) is 11.2 Å². The van der Waals surface area contributed by atoms with Gasteiger partial charge in [-0.05, 0) is 25.5 Å². The Bertz CT molecular complexity index is 909. The summed E-state index contributed by atoms with van der Waals surface area (Å²) >= 11 is 5.86. The molecule has 0 radical (unpaired) electrons. The second-order valence-corrected chi connectivity index (χ2v) is 7.58. The first-order valence-electron chi connectivity index (χ1n) is 9.35. The maximum absolute atomic E-state index is 11.2. The third kappa shape index (κ3) is 5.54. The van der Waals surface area contributed by atoms with Gasteiger partial charge in [-0.15, -0.1) is 0 Å². The van der Waals surface area contributed by atoms with Crippen LogP contribution >= 0.6 is 11.6 Å². The molecule has 29 heavy (non-hydrogen) atoms. The highest BCUT2D eigenvalue weighted by Crippen LogP contribution is 2.28. The number of aromatic nitrogens is 2. The van der Waals surface area contributed by atoms with Gasteiger partial charge in [-0.2, -0.15) is 0 Å². The van der Waals surface area contributed by atoms with Crippen molar-refractivity contribution in [3.63, 3.8) is 0 Å². The molecule has 2 N–H and O–H groups in total. The standard InChI is InChI=1S/C19H23ClN6O3/c1-12(23-14-3-4-17(20)18(8-14)26(28)29)7-16-9-19(22-11-21-16)25-6-5-15(10-25)24-13(2)27/h3-4,8-9,11-12,15,23H,5-7,10H2,1-2H3,(H,24,27). The molecule has 154 valence electrons. The number of nitrogens with one attached hydrogen (secondary N) is 2. The molecule has 1 fully saturated rings. The lowest BCUT2D eigenvalue weighted by atomic mass is 10.1. The van der Waals surface area contributed by atoms with Gasteiger partial charge in [0, 0.05) is 62.0 Å². The third-order valence-corrected chi connectivity index (χ3v) is 5.02. The van der Waals surface area contributed by atoms with Gasteiger partial charge in [-0.1, -0.05) is 11.6 Å². The number of hydrogen-bond acceptors (Lipinski definition) is 7. The predicted molar refractivity (Wildman–Crippen MR) is 111 cm³/mol. The van der Waals surface area contributed by atoms with Crippen LogP contribution < -0.4 is 15.5 Å².